The Labute approximate surface area is 128 Å². The first kappa shape index (κ1) is 13.9. The van der Waals surface area contributed by atoms with Crippen LogP contribution in [0.1, 0.15) is 10.4 Å². The van der Waals surface area contributed by atoms with Gasteiger partial charge in [0, 0.05) is 50.1 Å². The van der Waals surface area contributed by atoms with Crippen molar-refractivity contribution in [3.8, 4) is 0 Å². The van der Waals surface area contributed by atoms with Crippen molar-refractivity contribution in [1.82, 2.24) is 14.7 Å². The Morgan fingerprint density at radius 1 is 1.24 bits per heavy atom. The average molecular weight is 305 g/mol. The molecular formula is C15H17ClN4O. The van der Waals surface area contributed by atoms with Crippen LogP contribution in [-0.4, -0.2) is 46.8 Å². The van der Waals surface area contributed by atoms with Crippen molar-refractivity contribution in [2.45, 2.75) is 0 Å². The van der Waals surface area contributed by atoms with E-state index in [1.165, 1.54) is 0 Å². The number of benzene rings is 1. The second kappa shape index (κ2) is 5.77. The fourth-order valence-electron chi connectivity index (χ4n) is 2.55. The second-order valence-corrected chi connectivity index (χ2v) is 5.60. The van der Waals surface area contributed by atoms with Crippen molar-refractivity contribution in [3.05, 3.63) is 47.2 Å². The molecule has 110 valence electrons. The Morgan fingerprint density at radius 2 is 2.00 bits per heavy atom. The van der Waals surface area contributed by atoms with Gasteiger partial charge in [-0.1, -0.05) is 17.7 Å². The number of piperazine rings is 1. The summed E-state index contributed by atoms with van der Waals surface area (Å²) < 4.78 is 1.65. The van der Waals surface area contributed by atoms with E-state index in [9.17, 15) is 4.79 Å². The highest BCUT2D eigenvalue weighted by molar-refractivity contribution is 6.30. The number of amides is 1. The summed E-state index contributed by atoms with van der Waals surface area (Å²) in [6.45, 7) is 3.04. The maximum absolute atomic E-state index is 12.3. The molecule has 0 spiro atoms. The summed E-state index contributed by atoms with van der Waals surface area (Å²) >= 11 is 6.03. The van der Waals surface area contributed by atoms with Crippen LogP contribution in [0.2, 0.25) is 5.02 Å². The van der Waals surface area contributed by atoms with Gasteiger partial charge in [-0.25, -0.2) is 0 Å². The highest BCUT2D eigenvalue weighted by Gasteiger charge is 2.23. The van der Waals surface area contributed by atoms with Crippen LogP contribution in [0.25, 0.3) is 0 Å². The van der Waals surface area contributed by atoms with Gasteiger partial charge in [0.2, 0.25) is 0 Å². The van der Waals surface area contributed by atoms with Crippen molar-refractivity contribution in [2.75, 3.05) is 31.1 Å². The summed E-state index contributed by atoms with van der Waals surface area (Å²) in [6, 6.07) is 7.82. The summed E-state index contributed by atoms with van der Waals surface area (Å²) in [5, 5.41) is 4.79. The highest BCUT2D eigenvalue weighted by atomic mass is 35.5. The molecule has 1 aromatic heterocycles. The number of nitrogens with zero attached hydrogens (tertiary/aromatic N) is 4. The smallest absolute Gasteiger partial charge is 0.257 e. The summed E-state index contributed by atoms with van der Waals surface area (Å²) in [6.07, 6.45) is 3.37. The molecule has 1 saturated heterocycles. The van der Waals surface area contributed by atoms with E-state index >= 15 is 0 Å². The molecule has 1 fully saturated rings. The molecule has 2 aromatic rings. The van der Waals surface area contributed by atoms with Gasteiger partial charge in [-0.2, -0.15) is 5.10 Å². The molecule has 0 radical (unpaired) electrons. The minimum absolute atomic E-state index is 0.0499. The lowest BCUT2D eigenvalue weighted by Gasteiger charge is -2.36. The van der Waals surface area contributed by atoms with Crippen molar-refractivity contribution >= 4 is 23.2 Å². The number of rotatable bonds is 2. The molecule has 0 N–H and O–H groups in total. The molecule has 1 aliphatic rings. The molecule has 5 nitrogen and oxygen atoms in total. The zero-order valence-electron chi connectivity index (χ0n) is 11.9. The van der Waals surface area contributed by atoms with E-state index < -0.39 is 0 Å². The van der Waals surface area contributed by atoms with Gasteiger partial charge in [-0.05, 0) is 18.2 Å². The van der Waals surface area contributed by atoms with Crippen molar-refractivity contribution in [2.24, 2.45) is 7.05 Å². The lowest BCUT2D eigenvalue weighted by Crippen LogP contribution is -2.48. The summed E-state index contributed by atoms with van der Waals surface area (Å²) in [7, 11) is 1.81. The molecule has 1 aliphatic heterocycles. The van der Waals surface area contributed by atoms with E-state index in [4.69, 9.17) is 11.6 Å². The van der Waals surface area contributed by atoms with Gasteiger partial charge in [0.25, 0.3) is 5.91 Å². The first-order valence-electron chi connectivity index (χ1n) is 6.92. The summed E-state index contributed by atoms with van der Waals surface area (Å²) in [5.74, 6) is 0.0499. The standard InChI is InChI=1S/C15H17ClN4O/c1-18-11-12(10-17-18)15(21)20-7-5-19(6-8-20)14-4-2-3-13(16)9-14/h2-4,9-11H,5-8H2,1H3. The first-order chi connectivity index (χ1) is 10.1. The zero-order valence-corrected chi connectivity index (χ0v) is 12.6. The molecule has 21 heavy (non-hydrogen) atoms. The van der Waals surface area contributed by atoms with Crippen LogP contribution in [-0.2, 0) is 7.05 Å². The van der Waals surface area contributed by atoms with Gasteiger partial charge >= 0.3 is 0 Å². The Bertz CT molecular complexity index is 647. The number of halogens is 1. The largest absolute Gasteiger partial charge is 0.368 e. The number of hydrogen-bond acceptors (Lipinski definition) is 3. The molecule has 1 amide bonds. The topological polar surface area (TPSA) is 41.4 Å². The fourth-order valence-corrected chi connectivity index (χ4v) is 2.74. The minimum Gasteiger partial charge on any atom is -0.368 e. The maximum Gasteiger partial charge on any atom is 0.257 e. The van der Waals surface area contributed by atoms with Gasteiger partial charge < -0.3 is 9.80 Å². The van der Waals surface area contributed by atoms with Gasteiger partial charge in [0.05, 0.1) is 11.8 Å². The lowest BCUT2D eigenvalue weighted by atomic mass is 10.2. The van der Waals surface area contributed by atoms with E-state index in [1.807, 2.05) is 36.2 Å². The number of aryl methyl sites for hydroxylation is 1. The maximum atomic E-state index is 12.3. The van der Waals surface area contributed by atoms with Crippen LogP contribution >= 0.6 is 11.6 Å². The minimum atomic E-state index is 0.0499. The van der Waals surface area contributed by atoms with Crippen molar-refractivity contribution in [1.29, 1.82) is 0 Å². The third-order valence-corrected chi connectivity index (χ3v) is 3.93. The monoisotopic (exact) mass is 304 g/mol. The summed E-state index contributed by atoms with van der Waals surface area (Å²) in [4.78, 5) is 16.5. The van der Waals surface area contributed by atoms with Crippen LogP contribution in [0.5, 0.6) is 0 Å². The molecule has 0 saturated carbocycles. The van der Waals surface area contributed by atoms with Crippen LogP contribution in [0.15, 0.2) is 36.7 Å². The van der Waals surface area contributed by atoms with Gasteiger partial charge in [0.1, 0.15) is 0 Å². The van der Waals surface area contributed by atoms with Gasteiger partial charge in [-0.15, -0.1) is 0 Å². The Kier molecular flexibility index (Phi) is 3.84. The third-order valence-electron chi connectivity index (χ3n) is 3.69. The number of anilines is 1. The number of hydrogen-bond donors (Lipinski definition) is 0. The van der Waals surface area contributed by atoms with Gasteiger partial charge in [0.15, 0.2) is 0 Å². The second-order valence-electron chi connectivity index (χ2n) is 5.16. The van der Waals surface area contributed by atoms with Crippen LogP contribution in [0.4, 0.5) is 5.69 Å². The fraction of sp³-hybridized carbons (Fsp3) is 0.333. The molecule has 2 heterocycles. The van der Waals surface area contributed by atoms with E-state index in [0.717, 1.165) is 23.8 Å². The SMILES string of the molecule is Cn1cc(C(=O)N2CCN(c3cccc(Cl)c3)CC2)cn1. The Balaban J connectivity index is 1.64. The molecule has 0 aliphatic carbocycles. The summed E-state index contributed by atoms with van der Waals surface area (Å²) in [5.41, 5.74) is 1.75. The number of carbonyl (C=O) groups excluding carboxylic acids is 1. The molecule has 0 bridgehead atoms. The molecule has 1 aromatic carbocycles. The van der Waals surface area contributed by atoms with Crippen LogP contribution in [0, 0.1) is 0 Å². The number of carbonyl (C=O) groups is 1. The number of aromatic nitrogens is 2. The first-order valence-corrected chi connectivity index (χ1v) is 7.30. The third kappa shape index (κ3) is 3.03. The lowest BCUT2D eigenvalue weighted by molar-refractivity contribution is 0.0746. The van der Waals surface area contributed by atoms with E-state index in [1.54, 1.807) is 17.1 Å². The molecule has 0 unspecified atom stereocenters. The van der Waals surface area contributed by atoms with Crippen molar-refractivity contribution in [3.63, 3.8) is 0 Å². The predicted octanol–water partition coefficient (Wildman–Crippen LogP) is 2.04. The highest BCUT2D eigenvalue weighted by Crippen LogP contribution is 2.21. The molecule has 0 atom stereocenters. The molecule has 3 rings (SSSR count). The predicted molar refractivity (Wildman–Crippen MR) is 82.8 cm³/mol. The Hall–Kier alpha value is -2.01. The van der Waals surface area contributed by atoms with E-state index in [-0.39, 0.29) is 5.91 Å². The van der Waals surface area contributed by atoms with E-state index in [2.05, 4.69) is 10.00 Å². The quantitative estimate of drug-likeness (QED) is 0.852. The zero-order chi connectivity index (χ0) is 14.8. The van der Waals surface area contributed by atoms with Crippen LogP contribution < -0.4 is 4.90 Å². The molecule has 6 heteroatoms. The normalized spacial score (nSPS) is 15.3. The Morgan fingerprint density at radius 3 is 2.62 bits per heavy atom. The van der Waals surface area contributed by atoms with Crippen LogP contribution in [0.3, 0.4) is 0 Å². The van der Waals surface area contributed by atoms with E-state index in [0.29, 0.717) is 18.7 Å². The average Bonchev–Trinajstić information content (AvgIpc) is 2.93. The van der Waals surface area contributed by atoms with Gasteiger partial charge in [-0.3, -0.25) is 9.48 Å². The molecular weight excluding hydrogens is 288 g/mol. The van der Waals surface area contributed by atoms with Crippen molar-refractivity contribution < 1.29 is 4.79 Å².